The summed E-state index contributed by atoms with van der Waals surface area (Å²) >= 11 is 0. The first-order valence-electron chi connectivity index (χ1n) is 6.71. The lowest BCUT2D eigenvalue weighted by Gasteiger charge is -2.38. The van der Waals surface area contributed by atoms with Gasteiger partial charge in [-0.15, -0.1) is 0 Å². The zero-order valence-corrected chi connectivity index (χ0v) is 11.7. The van der Waals surface area contributed by atoms with Crippen molar-refractivity contribution in [2.45, 2.75) is 18.9 Å². The number of hydrogen-bond acceptors (Lipinski definition) is 4. The number of likely N-dealkylation sites (N-methyl/N-ethyl adjacent to an activating group) is 1. The lowest BCUT2D eigenvalue weighted by Crippen LogP contribution is -2.46. The van der Waals surface area contributed by atoms with E-state index in [4.69, 9.17) is 10.00 Å². The molecule has 1 atom stereocenters. The second-order valence-electron chi connectivity index (χ2n) is 4.99. The summed E-state index contributed by atoms with van der Waals surface area (Å²) in [5, 5.41) is 8.81. The quantitative estimate of drug-likeness (QED) is 0.776. The summed E-state index contributed by atoms with van der Waals surface area (Å²) < 4.78 is 5.43. The molecule has 0 aromatic heterocycles. The minimum atomic E-state index is 0.443. The average molecular weight is 259 g/mol. The van der Waals surface area contributed by atoms with Gasteiger partial charge in [0.1, 0.15) is 5.75 Å². The number of nitriles is 1. The Hall–Kier alpha value is -1.73. The van der Waals surface area contributed by atoms with Crippen LogP contribution in [0.2, 0.25) is 0 Å². The Bertz CT molecular complexity index is 455. The maximum atomic E-state index is 8.81. The lowest BCUT2D eigenvalue weighted by atomic mass is 10.0. The van der Waals surface area contributed by atoms with E-state index in [-0.39, 0.29) is 0 Å². The van der Waals surface area contributed by atoms with Crippen molar-refractivity contribution in [2.24, 2.45) is 0 Å². The van der Waals surface area contributed by atoms with Crippen molar-refractivity contribution >= 4 is 5.69 Å². The smallest absolute Gasteiger partial charge is 0.142 e. The number of hydrogen-bond donors (Lipinski definition) is 0. The Morgan fingerprint density at radius 1 is 1.47 bits per heavy atom. The first kappa shape index (κ1) is 13.7. The monoisotopic (exact) mass is 259 g/mol. The molecule has 1 aliphatic rings. The summed E-state index contributed by atoms with van der Waals surface area (Å²) in [6.07, 6.45) is 2.31. The van der Waals surface area contributed by atoms with Crippen LogP contribution in [0.1, 0.15) is 12.8 Å². The summed E-state index contributed by atoms with van der Waals surface area (Å²) in [7, 11) is 3.74. The van der Waals surface area contributed by atoms with Gasteiger partial charge in [-0.3, -0.25) is 4.90 Å². The van der Waals surface area contributed by atoms with E-state index in [2.05, 4.69) is 21.9 Å². The van der Waals surface area contributed by atoms with Crippen molar-refractivity contribution in [2.75, 3.05) is 38.7 Å². The third-order valence-electron chi connectivity index (χ3n) is 3.77. The number of rotatable bonds is 4. The normalized spacial score (nSPS) is 19.3. The van der Waals surface area contributed by atoms with E-state index < -0.39 is 0 Å². The minimum Gasteiger partial charge on any atom is -0.495 e. The molecule has 0 N–H and O–H groups in total. The molecule has 4 nitrogen and oxygen atoms in total. The van der Waals surface area contributed by atoms with E-state index in [9.17, 15) is 0 Å². The summed E-state index contributed by atoms with van der Waals surface area (Å²) in [6.45, 7) is 2.50. The predicted molar refractivity (Wildman–Crippen MR) is 76.5 cm³/mol. The molecule has 102 valence electrons. The van der Waals surface area contributed by atoms with Crippen LogP contribution in [0.4, 0.5) is 5.69 Å². The molecule has 0 amide bonds. The highest BCUT2D eigenvalue weighted by molar-refractivity contribution is 5.58. The maximum Gasteiger partial charge on any atom is 0.142 e. The molecule has 4 heteroatoms. The van der Waals surface area contributed by atoms with Crippen LogP contribution in [0.3, 0.4) is 0 Å². The van der Waals surface area contributed by atoms with Crippen LogP contribution in [-0.4, -0.2) is 44.7 Å². The molecule has 1 aromatic carbocycles. The van der Waals surface area contributed by atoms with Crippen LogP contribution in [0.15, 0.2) is 24.3 Å². The highest BCUT2D eigenvalue weighted by atomic mass is 16.5. The molecule has 1 heterocycles. The number of anilines is 1. The van der Waals surface area contributed by atoms with Crippen LogP contribution >= 0.6 is 0 Å². The van der Waals surface area contributed by atoms with Crippen LogP contribution in [0.5, 0.6) is 5.75 Å². The molecule has 0 spiro atoms. The van der Waals surface area contributed by atoms with Gasteiger partial charge in [-0.2, -0.15) is 5.26 Å². The van der Waals surface area contributed by atoms with Gasteiger partial charge in [0.15, 0.2) is 0 Å². The van der Waals surface area contributed by atoms with Crippen molar-refractivity contribution in [3.63, 3.8) is 0 Å². The molecule has 1 aromatic rings. The fourth-order valence-corrected chi connectivity index (χ4v) is 2.66. The van der Waals surface area contributed by atoms with Crippen LogP contribution in [-0.2, 0) is 0 Å². The predicted octanol–water partition coefficient (Wildman–Crippen LogP) is 2.12. The van der Waals surface area contributed by atoms with Crippen molar-refractivity contribution < 1.29 is 4.74 Å². The van der Waals surface area contributed by atoms with E-state index in [1.165, 1.54) is 0 Å². The highest BCUT2D eigenvalue weighted by Crippen LogP contribution is 2.30. The van der Waals surface area contributed by atoms with Gasteiger partial charge in [-0.1, -0.05) is 12.1 Å². The van der Waals surface area contributed by atoms with Crippen molar-refractivity contribution in [3.8, 4) is 11.8 Å². The Morgan fingerprint density at radius 3 is 3.00 bits per heavy atom. The second kappa shape index (κ2) is 6.44. The van der Waals surface area contributed by atoms with Gasteiger partial charge in [0.05, 0.1) is 25.4 Å². The van der Waals surface area contributed by atoms with Crippen LogP contribution < -0.4 is 9.64 Å². The van der Waals surface area contributed by atoms with E-state index in [0.29, 0.717) is 12.6 Å². The maximum absolute atomic E-state index is 8.81. The molecule has 0 bridgehead atoms. The number of piperidine rings is 1. The molecule has 1 saturated heterocycles. The number of nitrogens with zero attached hydrogens (tertiary/aromatic N) is 3. The molecule has 1 fully saturated rings. The van der Waals surface area contributed by atoms with Crippen LogP contribution in [0, 0.1) is 11.3 Å². The van der Waals surface area contributed by atoms with Gasteiger partial charge in [0.2, 0.25) is 0 Å². The first-order valence-corrected chi connectivity index (χ1v) is 6.71. The summed E-state index contributed by atoms with van der Waals surface area (Å²) in [4.78, 5) is 4.50. The van der Waals surface area contributed by atoms with Crippen molar-refractivity contribution in [1.82, 2.24) is 4.90 Å². The molecule has 0 aliphatic carbocycles. The Balaban J connectivity index is 2.11. The molecular weight excluding hydrogens is 238 g/mol. The minimum absolute atomic E-state index is 0.443. The van der Waals surface area contributed by atoms with E-state index in [0.717, 1.165) is 37.4 Å². The molecule has 0 saturated carbocycles. The van der Waals surface area contributed by atoms with Crippen molar-refractivity contribution in [3.05, 3.63) is 24.3 Å². The topological polar surface area (TPSA) is 39.5 Å². The molecule has 1 aliphatic heterocycles. The molecule has 2 rings (SSSR count). The molecule has 0 radical (unpaired) electrons. The zero-order valence-electron chi connectivity index (χ0n) is 11.7. The van der Waals surface area contributed by atoms with Gasteiger partial charge in [0.25, 0.3) is 0 Å². The molecule has 19 heavy (non-hydrogen) atoms. The number of methoxy groups -OCH3 is 1. The average Bonchev–Trinajstić information content (AvgIpc) is 2.47. The van der Waals surface area contributed by atoms with Gasteiger partial charge in [-0.25, -0.2) is 0 Å². The van der Waals surface area contributed by atoms with Gasteiger partial charge < -0.3 is 9.64 Å². The largest absolute Gasteiger partial charge is 0.495 e. The van der Waals surface area contributed by atoms with Gasteiger partial charge in [0, 0.05) is 19.1 Å². The second-order valence-corrected chi connectivity index (χ2v) is 4.99. The molecule has 1 unspecified atom stereocenters. The Labute approximate surface area is 115 Å². The van der Waals surface area contributed by atoms with Gasteiger partial charge >= 0.3 is 0 Å². The van der Waals surface area contributed by atoms with E-state index in [1.54, 1.807) is 7.11 Å². The number of benzene rings is 1. The van der Waals surface area contributed by atoms with Crippen molar-refractivity contribution in [1.29, 1.82) is 5.26 Å². The third kappa shape index (κ3) is 3.18. The summed E-state index contributed by atoms with van der Waals surface area (Å²) in [5.41, 5.74) is 1.15. The SMILES string of the molecule is COc1ccccc1N1CCCC(N(C)CC#N)C1. The number of para-hydroxylation sites is 2. The van der Waals surface area contributed by atoms with E-state index in [1.807, 2.05) is 25.2 Å². The third-order valence-corrected chi connectivity index (χ3v) is 3.77. The Morgan fingerprint density at radius 2 is 2.26 bits per heavy atom. The standard InChI is InChI=1S/C15H21N3O/c1-17(11-9-16)13-6-5-10-18(12-13)14-7-3-4-8-15(14)19-2/h3-4,7-8,13H,5-6,10-12H2,1-2H3. The first-order chi connectivity index (χ1) is 9.26. The molecular formula is C15H21N3O. The van der Waals surface area contributed by atoms with Gasteiger partial charge in [-0.05, 0) is 32.0 Å². The summed E-state index contributed by atoms with van der Waals surface area (Å²) in [5.74, 6) is 0.922. The number of ether oxygens (including phenoxy) is 1. The lowest BCUT2D eigenvalue weighted by molar-refractivity contribution is 0.237. The van der Waals surface area contributed by atoms with E-state index >= 15 is 0 Å². The fraction of sp³-hybridized carbons (Fsp3) is 0.533. The Kier molecular flexibility index (Phi) is 4.64. The summed E-state index contributed by atoms with van der Waals surface area (Å²) in [6, 6.07) is 10.8. The van der Waals surface area contributed by atoms with Crippen LogP contribution in [0.25, 0.3) is 0 Å². The highest BCUT2D eigenvalue weighted by Gasteiger charge is 2.24. The fourth-order valence-electron chi connectivity index (χ4n) is 2.66. The zero-order chi connectivity index (χ0) is 13.7.